The molecule has 2 aliphatic rings. The molecule has 4 amide bonds. The number of H-pyrrole nitrogens is 1. The van der Waals surface area contributed by atoms with E-state index in [1.165, 1.54) is 48.8 Å². The van der Waals surface area contributed by atoms with E-state index in [1.54, 1.807) is 37.5 Å². The molecule has 5 atom stereocenters. The maximum atomic E-state index is 13.2. The van der Waals surface area contributed by atoms with Crippen LogP contribution in [0.3, 0.4) is 0 Å². The fraction of sp³-hybridized carbons (Fsp3) is 0.414. The van der Waals surface area contributed by atoms with Gasteiger partial charge in [-0.05, 0) is 181 Å². The minimum Gasteiger partial charge on any atom is -0.445 e. The molecule has 0 aliphatic carbocycles. The van der Waals surface area contributed by atoms with Gasteiger partial charge in [-0.2, -0.15) is 5.21 Å². The van der Waals surface area contributed by atoms with Crippen LogP contribution < -0.4 is 21.3 Å². The molecule has 3 aromatic heterocycles. The molecule has 2 aliphatic heterocycles. The number of Topliss-reactive ketones (excluding diaryl/α,β-unsaturated/α-hetero) is 1. The van der Waals surface area contributed by atoms with Gasteiger partial charge in [0.2, 0.25) is 17.6 Å². The second kappa shape index (κ2) is 26.6. The normalized spacial score (nSPS) is 17.2. The number of aliphatic hydroxyl groups excluding tert-OH is 1. The number of oxazole rings is 2. The van der Waals surface area contributed by atoms with Gasteiger partial charge >= 0.3 is 12.1 Å². The van der Waals surface area contributed by atoms with Gasteiger partial charge in [0.15, 0.2) is 0 Å². The summed E-state index contributed by atoms with van der Waals surface area (Å²) in [6.07, 6.45) is 12.8. The van der Waals surface area contributed by atoms with Crippen LogP contribution in [0.2, 0.25) is 0 Å². The van der Waals surface area contributed by atoms with Crippen LogP contribution in [0, 0.1) is 23.5 Å². The number of halogens is 2. The number of nitrogens with zero attached hydrogens (tertiary/aromatic N) is 7. The van der Waals surface area contributed by atoms with E-state index in [-0.39, 0.29) is 42.7 Å². The first-order chi connectivity index (χ1) is 37.5. The van der Waals surface area contributed by atoms with Gasteiger partial charge in [0.1, 0.15) is 36.2 Å². The number of carbonyl (C=O) groups is 3. The van der Waals surface area contributed by atoms with Gasteiger partial charge < -0.3 is 40.1 Å². The molecule has 78 heavy (non-hydrogen) atoms. The molecule has 2 fully saturated rings. The standard InChI is InChI=1S/C29H38FN7O2.C29H32FN5O4.5H2/c1-19(11-13-37-12-5-6-22(18-37)14-21-7-9-25(30)10-8-21)31-28(39)32-26-16-23(27-33-35-36-34-27)15-24(17-26)29(3,4)20(2)38;1-19(13-26(36)35-10-2-3-21(18-35)14-20-4-6-24(30)7-5-20)33-29(37)34-25-16-22(27-31-8-11-38-27)15-23(17-25)28-32-9-12-39-28;;;;;/h7-10,15-17,19,22H,5-6,11-14,18H2,1-4H3,(H2,31,32,39)(H,33,34,35,36);4-9,11-12,15-17,19,21,26,36H,2-3,10,13-14,18H2,1H3,(H2,33,34,37);5*1H/t19-,22+;19-,21+,26-;;;;;/m11...../s1. The van der Waals surface area contributed by atoms with Crippen molar-refractivity contribution in [3.63, 3.8) is 0 Å². The Kier molecular flexibility index (Phi) is 19.3. The van der Waals surface area contributed by atoms with Crippen LogP contribution >= 0.6 is 0 Å². The lowest BCUT2D eigenvalue weighted by molar-refractivity contribution is -0.121. The number of ketones is 1. The molecule has 20 heteroatoms. The third-order valence-corrected chi connectivity index (χ3v) is 14.6. The van der Waals surface area contributed by atoms with Gasteiger partial charge in [-0.25, -0.2) is 28.3 Å². The molecular formula is C58H80F2N12O6. The predicted molar refractivity (Wildman–Crippen MR) is 303 cm³/mol. The average molecular weight is 1080 g/mol. The second-order valence-electron chi connectivity index (χ2n) is 21.2. The fourth-order valence-electron chi connectivity index (χ4n) is 10.1. The Morgan fingerprint density at radius 1 is 0.756 bits per heavy atom. The maximum absolute atomic E-state index is 13.2. The highest BCUT2D eigenvalue weighted by Crippen LogP contribution is 2.32. The Balaban J connectivity index is 0.000000411. The van der Waals surface area contributed by atoms with Crippen LogP contribution in [-0.4, -0.2) is 114 Å². The van der Waals surface area contributed by atoms with Crippen molar-refractivity contribution in [3.8, 4) is 34.3 Å². The number of tetrazole rings is 1. The van der Waals surface area contributed by atoms with Crippen LogP contribution in [0.4, 0.5) is 29.7 Å². The minimum atomic E-state index is -0.747. The molecule has 422 valence electrons. The smallest absolute Gasteiger partial charge is 0.319 e. The lowest BCUT2D eigenvalue weighted by Gasteiger charge is -2.37. The molecule has 6 N–H and O–H groups in total. The molecule has 0 spiro atoms. The third-order valence-electron chi connectivity index (χ3n) is 14.6. The molecule has 18 nitrogen and oxygen atoms in total. The summed E-state index contributed by atoms with van der Waals surface area (Å²) in [7, 11) is 0. The van der Waals surface area contributed by atoms with Gasteiger partial charge in [-0.15, -0.1) is 10.2 Å². The van der Waals surface area contributed by atoms with Crippen molar-refractivity contribution < 1.29 is 44.2 Å². The molecule has 5 heterocycles. The molecule has 4 aromatic carbocycles. The van der Waals surface area contributed by atoms with Crippen molar-refractivity contribution in [1.82, 2.24) is 51.0 Å². The first-order valence-corrected chi connectivity index (χ1v) is 26.7. The average Bonchev–Trinajstić information content (AvgIpc) is 4.29. The number of nitrogens with one attached hydrogen (secondary N) is 5. The lowest BCUT2D eigenvalue weighted by Crippen LogP contribution is -2.47. The third kappa shape index (κ3) is 16.2. The molecule has 0 saturated carbocycles. The Labute approximate surface area is 460 Å². The zero-order valence-electron chi connectivity index (χ0n) is 44.8. The van der Waals surface area contributed by atoms with Crippen LogP contribution in [0.5, 0.6) is 0 Å². The van der Waals surface area contributed by atoms with Crippen LogP contribution in [-0.2, 0) is 23.1 Å². The first kappa shape index (κ1) is 56.5. The number of urea groups is 2. The van der Waals surface area contributed by atoms with Gasteiger partial charge in [-0.1, -0.05) is 24.3 Å². The first-order valence-electron chi connectivity index (χ1n) is 26.7. The number of piperidine rings is 2. The molecule has 0 bridgehead atoms. The van der Waals surface area contributed by atoms with E-state index >= 15 is 0 Å². The van der Waals surface area contributed by atoms with Crippen molar-refractivity contribution >= 4 is 29.2 Å². The van der Waals surface area contributed by atoms with E-state index in [2.05, 4.69) is 61.7 Å². The number of hydrogen-bond donors (Lipinski definition) is 6. The van der Waals surface area contributed by atoms with E-state index in [4.69, 9.17) is 8.83 Å². The summed E-state index contributed by atoms with van der Waals surface area (Å²) < 4.78 is 37.3. The summed E-state index contributed by atoms with van der Waals surface area (Å²) in [6.45, 7) is 13.6. The summed E-state index contributed by atoms with van der Waals surface area (Å²) in [6, 6.07) is 23.2. The molecule has 9 rings (SSSR count). The van der Waals surface area contributed by atoms with Gasteiger partial charge in [0.05, 0.1) is 12.4 Å². The zero-order valence-corrected chi connectivity index (χ0v) is 44.8. The number of hydrogen-bond acceptors (Lipinski definition) is 13. The molecule has 0 unspecified atom stereocenters. The highest BCUT2D eigenvalue weighted by atomic mass is 19.1. The van der Waals surface area contributed by atoms with Crippen molar-refractivity contribution in [2.75, 3.05) is 43.4 Å². The summed E-state index contributed by atoms with van der Waals surface area (Å²) in [5.41, 5.74) is 5.32. The van der Waals surface area contributed by atoms with E-state index < -0.39 is 17.7 Å². The number of likely N-dealkylation sites (tertiary alicyclic amines) is 2. The fourth-order valence-corrected chi connectivity index (χ4v) is 10.1. The summed E-state index contributed by atoms with van der Waals surface area (Å²) in [5.74, 6) is 1.71. The topological polar surface area (TPSA) is 233 Å². The minimum absolute atomic E-state index is 0. The molecule has 2 saturated heterocycles. The number of amides is 4. The Morgan fingerprint density at radius 2 is 1.31 bits per heavy atom. The predicted octanol–water partition coefficient (Wildman–Crippen LogP) is 11.3. The maximum Gasteiger partial charge on any atom is 0.319 e. The summed E-state index contributed by atoms with van der Waals surface area (Å²) >= 11 is 0. The number of rotatable bonds is 19. The second-order valence-corrected chi connectivity index (χ2v) is 21.2. The highest BCUT2D eigenvalue weighted by molar-refractivity contribution is 5.93. The molecular weight excluding hydrogens is 999 g/mol. The summed E-state index contributed by atoms with van der Waals surface area (Å²) in [5, 5.41) is 36.8. The monoisotopic (exact) mass is 1080 g/mol. The number of aromatic nitrogens is 6. The van der Waals surface area contributed by atoms with E-state index in [1.807, 2.05) is 70.2 Å². The van der Waals surface area contributed by atoms with Crippen molar-refractivity contribution in [2.45, 2.75) is 110 Å². The van der Waals surface area contributed by atoms with Gasteiger partial charge in [-0.3, -0.25) is 9.69 Å². The lowest BCUT2D eigenvalue weighted by atomic mass is 9.80. The summed E-state index contributed by atoms with van der Waals surface area (Å²) in [4.78, 5) is 50.9. The number of benzene rings is 4. The number of aromatic amines is 1. The number of carbonyl (C=O) groups excluding carboxylic acids is 3. The van der Waals surface area contributed by atoms with Crippen molar-refractivity contribution in [3.05, 3.63) is 138 Å². The Hall–Kier alpha value is -7.68. The number of anilines is 2. The molecule has 7 aromatic rings. The van der Waals surface area contributed by atoms with E-state index in [0.29, 0.717) is 63.9 Å². The number of aliphatic hydroxyl groups is 1. The van der Waals surface area contributed by atoms with E-state index in [9.17, 15) is 28.3 Å². The Morgan fingerprint density at radius 3 is 1.86 bits per heavy atom. The Bertz CT molecular complexity index is 2990. The van der Waals surface area contributed by atoms with Crippen molar-refractivity contribution in [1.29, 1.82) is 0 Å². The quantitative estimate of drug-likeness (QED) is 0.0443. The van der Waals surface area contributed by atoms with Crippen molar-refractivity contribution in [2.24, 2.45) is 11.8 Å². The van der Waals surface area contributed by atoms with E-state index in [0.717, 1.165) is 82.4 Å². The van der Waals surface area contributed by atoms with Crippen LogP contribution in [0.1, 0.15) is 97.0 Å². The highest BCUT2D eigenvalue weighted by Gasteiger charge is 2.29. The van der Waals surface area contributed by atoms with Gasteiger partial charge in [0, 0.05) is 85.3 Å². The van der Waals surface area contributed by atoms with Crippen LogP contribution in [0.15, 0.2) is 119 Å². The van der Waals surface area contributed by atoms with Crippen LogP contribution in [0.25, 0.3) is 34.3 Å². The van der Waals surface area contributed by atoms with Gasteiger partial charge in [0.25, 0.3) is 0 Å². The molecule has 0 radical (unpaired) electrons. The largest absolute Gasteiger partial charge is 0.445 e. The zero-order chi connectivity index (χ0) is 55.2. The SMILES string of the molecule is CC(=O)C(C)(C)c1cc(NC(=O)N[C@H](C)CCN2CCC[C@@H](Cc3ccc(F)cc3)C2)cc(-c2nn[nH]n2)c1.C[C@H](C[C@@H](O)N1CCC[C@@H](Cc2ccc(F)cc2)C1)NC(=O)Nc1cc(-c2ncco2)cc(-c2ncco2)c1.[HH].[HH].[HH].[HH].[HH].